The molecule has 0 fully saturated rings. The fourth-order valence-electron chi connectivity index (χ4n) is 9.35. The first-order valence-electron chi connectivity index (χ1n) is 32.4. The van der Waals surface area contributed by atoms with Crippen LogP contribution >= 0.6 is 0 Å². The van der Waals surface area contributed by atoms with Gasteiger partial charge in [0.15, 0.2) is 6.10 Å². The molecule has 1 unspecified atom stereocenters. The Balaban J connectivity index is 4.32. The summed E-state index contributed by atoms with van der Waals surface area (Å²) < 4.78 is 16.9. The van der Waals surface area contributed by atoms with Crippen molar-refractivity contribution in [2.24, 2.45) is 0 Å². The Labute approximate surface area is 465 Å². The van der Waals surface area contributed by atoms with Crippen molar-refractivity contribution in [3.05, 3.63) is 72.9 Å². The van der Waals surface area contributed by atoms with Crippen molar-refractivity contribution >= 4 is 17.9 Å². The number of esters is 3. The summed E-state index contributed by atoms with van der Waals surface area (Å²) in [6.45, 7) is 6.54. The van der Waals surface area contributed by atoms with Gasteiger partial charge >= 0.3 is 17.9 Å². The zero-order valence-electron chi connectivity index (χ0n) is 49.8. The van der Waals surface area contributed by atoms with Crippen molar-refractivity contribution in [3.8, 4) is 0 Å². The third-order valence-corrected chi connectivity index (χ3v) is 14.2. The number of hydrogen-bond donors (Lipinski definition) is 0. The number of ether oxygens (including phenoxy) is 3. The van der Waals surface area contributed by atoms with Gasteiger partial charge in [-0.15, -0.1) is 0 Å². The molecule has 0 aliphatic heterocycles. The van der Waals surface area contributed by atoms with Crippen molar-refractivity contribution < 1.29 is 28.6 Å². The topological polar surface area (TPSA) is 78.9 Å². The van der Waals surface area contributed by atoms with Gasteiger partial charge in [-0.25, -0.2) is 0 Å². The summed E-state index contributed by atoms with van der Waals surface area (Å²) >= 11 is 0. The highest BCUT2D eigenvalue weighted by Crippen LogP contribution is 2.17. The zero-order chi connectivity index (χ0) is 54.3. The Morgan fingerprint density at radius 2 is 0.520 bits per heavy atom. The molecule has 0 aromatic carbocycles. The van der Waals surface area contributed by atoms with E-state index in [-0.39, 0.29) is 31.1 Å². The summed E-state index contributed by atoms with van der Waals surface area (Å²) in [4.78, 5) is 38.3. The second kappa shape index (κ2) is 63.4. The average Bonchev–Trinajstić information content (AvgIpc) is 3.41. The molecule has 0 bridgehead atoms. The van der Waals surface area contributed by atoms with E-state index in [1.807, 2.05) is 0 Å². The predicted octanol–water partition coefficient (Wildman–Crippen LogP) is 22.1. The monoisotopic (exact) mass is 1050 g/mol. The number of hydrogen-bond acceptors (Lipinski definition) is 6. The molecule has 0 saturated carbocycles. The number of carbonyl (C=O) groups is 3. The van der Waals surface area contributed by atoms with Crippen LogP contribution in [0, 0.1) is 0 Å². The number of rotatable bonds is 59. The molecular formula is C69H122O6. The minimum atomic E-state index is -0.788. The Bertz CT molecular complexity index is 1390. The van der Waals surface area contributed by atoms with Crippen molar-refractivity contribution in [3.63, 3.8) is 0 Å². The maximum atomic E-state index is 12.9. The molecular weight excluding hydrogens is 925 g/mol. The van der Waals surface area contributed by atoms with Gasteiger partial charge in [0.25, 0.3) is 0 Å². The molecule has 0 amide bonds. The van der Waals surface area contributed by atoms with Crippen LogP contribution in [-0.4, -0.2) is 37.2 Å². The van der Waals surface area contributed by atoms with Gasteiger partial charge in [-0.2, -0.15) is 0 Å². The van der Waals surface area contributed by atoms with E-state index in [2.05, 4.69) is 93.7 Å². The average molecular weight is 1050 g/mol. The standard InChI is InChI=1S/C69H122O6/c1-4-7-10-13-16-19-22-25-28-30-31-32-33-34-35-36-37-39-41-44-47-50-53-56-59-62-68(71)74-65-66(64-73-67(70)61-58-55-52-49-46-43-40-27-24-21-18-15-12-9-6-3)75-69(72)63-60-57-54-51-48-45-42-38-29-26-23-20-17-14-11-8-5-2/h8,11,17,20,22,25-26,29-31,42,45,66H,4-7,9-10,12-16,18-19,21,23-24,27-28,32-41,43-44,46-65H2,1-3H3/b11-8-,20-17-,25-22-,29-26-,31-30-,45-42-. The van der Waals surface area contributed by atoms with E-state index < -0.39 is 6.10 Å². The fraction of sp³-hybridized carbons (Fsp3) is 0.783. The van der Waals surface area contributed by atoms with Crippen LogP contribution in [0.2, 0.25) is 0 Å². The molecule has 0 heterocycles. The molecule has 0 spiro atoms. The molecule has 0 aromatic heterocycles. The molecule has 0 rings (SSSR count). The largest absolute Gasteiger partial charge is 0.462 e. The van der Waals surface area contributed by atoms with E-state index in [1.54, 1.807) is 0 Å². The molecule has 0 aliphatic rings. The van der Waals surface area contributed by atoms with Crippen LogP contribution in [0.4, 0.5) is 0 Å². The smallest absolute Gasteiger partial charge is 0.306 e. The minimum Gasteiger partial charge on any atom is -0.462 e. The Hall–Kier alpha value is -3.15. The van der Waals surface area contributed by atoms with Crippen LogP contribution in [0.15, 0.2) is 72.9 Å². The lowest BCUT2D eigenvalue weighted by atomic mass is 10.0. The third kappa shape index (κ3) is 61.6. The lowest BCUT2D eigenvalue weighted by Gasteiger charge is -2.18. The number of allylic oxidation sites excluding steroid dienone is 12. The number of unbranched alkanes of at least 4 members (excludes halogenated alkanes) is 36. The Kier molecular flexibility index (Phi) is 60.7. The van der Waals surface area contributed by atoms with Gasteiger partial charge in [-0.05, 0) is 89.9 Å². The first kappa shape index (κ1) is 71.8. The highest BCUT2D eigenvalue weighted by Gasteiger charge is 2.19. The lowest BCUT2D eigenvalue weighted by molar-refractivity contribution is -0.167. The highest BCUT2D eigenvalue weighted by molar-refractivity contribution is 5.71. The van der Waals surface area contributed by atoms with Crippen LogP contribution in [-0.2, 0) is 28.6 Å². The molecule has 0 aromatic rings. The maximum absolute atomic E-state index is 12.9. The van der Waals surface area contributed by atoms with Gasteiger partial charge in [-0.3, -0.25) is 14.4 Å². The van der Waals surface area contributed by atoms with Crippen LogP contribution in [0.1, 0.15) is 329 Å². The van der Waals surface area contributed by atoms with Gasteiger partial charge in [-0.1, -0.05) is 293 Å². The second-order valence-corrected chi connectivity index (χ2v) is 21.6. The van der Waals surface area contributed by atoms with Gasteiger partial charge in [0, 0.05) is 19.3 Å². The first-order chi connectivity index (χ1) is 37.0. The first-order valence-corrected chi connectivity index (χ1v) is 32.4. The van der Waals surface area contributed by atoms with E-state index in [4.69, 9.17) is 14.2 Å². The molecule has 0 N–H and O–H groups in total. The quantitative estimate of drug-likeness (QED) is 0.0261. The van der Waals surface area contributed by atoms with Gasteiger partial charge in [0.05, 0.1) is 0 Å². The second-order valence-electron chi connectivity index (χ2n) is 21.6. The molecule has 6 nitrogen and oxygen atoms in total. The van der Waals surface area contributed by atoms with E-state index in [0.29, 0.717) is 19.3 Å². The predicted molar refractivity (Wildman–Crippen MR) is 325 cm³/mol. The highest BCUT2D eigenvalue weighted by atomic mass is 16.6. The third-order valence-electron chi connectivity index (χ3n) is 14.2. The molecule has 0 aliphatic carbocycles. The van der Waals surface area contributed by atoms with Crippen molar-refractivity contribution in [1.82, 2.24) is 0 Å². The molecule has 1 atom stereocenters. The Morgan fingerprint density at radius 1 is 0.280 bits per heavy atom. The number of carbonyl (C=O) groups excluding carboxylic acids is 3. The van der Waals surface area contributed by atoms with Crippen LogP contribution in [0.3, 0.4) is 0 Å². The molecule has 6 heteroatoms. The summed E-state index contributed by atoms with van der Waals surface area (Å²) in [5.74, 6) is -0.890. The summed E-state index contributed by atoms with van der Waals surface area (Å²) in [7, 11) is 0. The molecule has 0 radical (unpaired) electrons. The van der Waals surface area contributed by atoms with Crippen molar-refractivity contribution in [2.45, 2.75) is 335 Å². The summed E-state index contributed by atoms with van der Waals surface area (Å²) in [5, 5.41) is 0. The summed E-state index contributed by atoms with van der Waals surface area (Å²) in [5.41, 5.74) is 0. The fourth-order valence-corrected chi connectivity index (χ4v) is 9.35. The Morgan fingerprint density at radius 3 is 0.813 bits per heavy atom. The lowest BCUT2D eigenvalue weighted by Crippen LogP contribution is -2.30. The molecule has 0 saturated heterocycles. The van der Waals surface area contributed by atoms with E-state index in [0.717, 1.165) is 103 Å². The normalized spacial score (nSPS) is 12.5. The zero-order valence-corrected chi connectivity index (χ0v) is 49.8. The van der Waals surface area contributed by atoms with Gasteiger partial charge < -0.3 is 14.2 Å². The minimum absolute atomic E-state index is 0.0822. The van der Waals surface area contributed by atoms with Crippen LogP contribution < -0.4 is 0 Å². The van der Waals surface area contributed by atoms with Crippen LogP contribution in [0.5, 0.6) is 0 Å². The molecule has 75 heavy (non-hydrogen) atoms. The SMILES string of the molecule is CC/C=C\C/C=C\C/C=C\C/C=C\CCCCCCC(=O)OC(COC(=O)CCCCCCCCCCCCCCC/C=C\C/C=C\CCCCCCC)COC(=O)CCCCCCCCCCCCCCCCC. The van der Waals surface area contributed by atoms with Gasteiger partial charge in [0.1, 0.15) is 13.2 Å². The van der Waals surface area contributed by atoms with Crippen LogP contribution in [0.25, 0.3) is 0 Å². The van der Waals surface area contributed by atoms with E-state index in [1.165, 1.54) is 186 Å². The van der Waals surface area contributed by atoms with Gasteiger partial charge in [0.2, 0.25) is 0 Å². The summed E-state index contributed by atoms with van der Waals surface area (Å²) in [6.07, 6.45) is 81.9. The van der Waals surface area contributed by atoms with E-state index in [9.17, 15) is 14.4 Å². The molecule has 434 valence electrons. The van der Waals surface area contributed by atoms with Crippen molar-refractivity contribution in [1.29, 1.82) is 0 Å². The van der Waals surface area contributed by atoms with E-state index >= 15 is 0 Å². The summed E-state index contributed by atoms with van der Waals surface area (Å²) in [6, 6.07) is 0. The van der Waals surface area contributed by atoms with Crippen molar-refractivity contribution in [2.75, 3.05) is 13.2 Å². The maximum Gasteiger partial charge on any atom is 0.306 e.